The Balaban J connectivity index is 2.73. The molecule has 84 valence electrons. The van der Waals surface area contributed by atoms with Gasteiger partial charge in [-0.1, -0.05) is 12.1 Å². The first-order valence-electron chi connectivity index (χ1n) is 4.79. The molecule has 1 rings (SSSR count). The van der Waals surface area contributed by atoms with Crippen molar-refractivity contribution in [3.8, 4) is 0 Å². The summed E-state index contributed by atoms with van der Waals surface area (Å²) >= 11 is 3.10. The van der Waals surface area contributed by atoms with Crippen LogP contribution in [0.5, 0.6) is 0 Å². The molecule has 1 N–H and O–H groups in total. The summed E-state index contributed by atoms with van der Waals surface area (Å²) in [5, 5.41) is 9.79. The van der Waals surface area contributed by atoms with Crippen LogP contribution in [0, 0.1) is 5.82 Å². The van der Waals surface area contributed by atoms with Crippen molar-refractivity contribution in [2.75, 3.05) is 20.6 Å². The van der Waals surface area contributed by atoms with E-state index in [-0.39, 0.29) is 5.82 Å². The van der Waals surface area contributed by atoms with Crippen molar-refractivity contribution in [3.05, 3.63) is 34.1 Å². The third-order valence-electron chi connectivity index (χ3n) is 2.19. The SMILES string of the molecule is CN(C)CCC(O)c1cccc(Br)c1F. The predicted octanol–water partition coefficient (Wildman–Crippen LogP) is 2.57. The van der Waals surface area contributed by atoms with Gasteiger partial charge in [0.25, 0.3) is 0 Å². The van der Waals surface area contributed by atoms with Gasteiger partial charge in [-0.05, 0) is 42.5 Å². The summed E-state index contributed by atoms with van der Waals surface area (Å²) in [5.41, 5.74) is 0.353. The van der Waals surface area contributed by atoms with Gasteiger partial charge in [-0.3, -0.25) is 0 Å². The fraction of sp³-hybridized carbons (Fsp3) is 0.455. The lowest BCUT2D eigenvalue weighted by Gasteiger charge is -2.15. The van der Waals surface area contributed by atoms with Crippen LogP contribution in [0.1, 0.15) is 18.1 Å². The number of nitrogens with zero attached hydrogens (tertiary/aromatic N) is 1. The highest BCUT2D eigenvalue weighted by Crippen LogP contribution is 2.25. The van der Waals surface area contributed by atoms with Crippen molar-refractivity contribution in [3.63, 3.8) is 0 Å². The van der Waals surface area contributed by atoms with Gasteiger partial charge < -0.3 is 10.0 Å². The van der Waals surface area contributed by atoms with E-state index in [1.54, 1.807) is 18.2 Å². The largest absolute Gasteiger partial charge is 0.388 e. The van der Waals surface area contributed by atoms with Crippen LogP contribution in [0.3, 0.4) is 0 Å². The fourth-order valence-corrected chi connectivity index (χ4v) is 1.70. The van der Waals surface area contributed by atoms with E-state index in [1.165, 1.54) is 0 Å². The summed E-state index contributed by atoms with van der Waals surface area (Å²) in [4.78, 5) is 1.96. The Bertz CT molecular complexity index is 330. The normalized spacial score (nSPS) is 13.2. The van der Waals surface area contributed by atoms with E-state index in [0.717, 1.165) is 6.54 Å². The Hall–Kier alpha value is -0.450. The molecule has 0 bridgehead atoms. The highest BCUT2D eigenvalue weighted by molar-refractivity contribution is 9.10. The zero-order chi connectivity index (χ0) is 11.4. The van der Waals surface area contributed by atoms with E-state index < -0.39 is 6.10 Å². The Morgan fingerprint density at radius 1 is 1.47 bits per heavy atom. The van der Waals surface area contributed by atoms with Crippen molar-refractivity contribution in [2.24, 2.45) is 0 Å². The molecule has 0 heterocycles. The number of rotatable bonds is 4. The highest BCUT2D eigenvalue weighted by Gasteiger charge is 2.14. The molecule has 0 saturated heterocycles. The summed E-state index contributed by atoms with van der Waals surface area (Å²) in [7, 11) is 3.84. The van der Waals surface area contributed by atoms with Crippen LogP contribution in [0.25, 0.3) is 0 Å². The molecule has 0 spiro atoms. The van der Waals surface area contributed by atoms with Crippen LogP contribution in [0.4, 0.5) is 4.39 Å². The quantitative estimate of drug-likeness (QED) is 0.913. The van der Waals surface area contributed by atoms with Crippen molar-refractivity contribution in [1.29, 1.82) is 0 Å². The Kier molecular flexibility index (Phi) is 4.70. The smallest absolute Gasteiger partial charge is 0.143 e. The van der Waals surface area contributed by atoms with Crippen LogP contribution >= 0.6 is 15.9 Å². The molecule has 0 radical (unpaired) electrons. The van der Waals surface area contributed by atoms with Crippen molar-refractivity contribution in [2.45, 2.75) is 12.5 Å². The zero-order valence-electron chi connectivity index (χ0n) is 8.87. The molecule has 1 atom stereocenters. The second-order valence-electron chi connectivity index (χ2n) is 3.75. The number of aliphatic hydroxyl groups excluding tert-OH is 1. The number of hydrogen-bond acceptors (Lipinski definition) is 2. The van der Waals surface area contributed by atoms with E-state index in [0.29, 0.717) is 16.5 Å². The molecule has 0 aliphatic carbocycles. The molecular weight excluding hydrogens is 261 g/mol. The summed E-state index contributed by atoms with van der Waals surface area (Å²) < 4.78 is 13.9. The minimum atomic E-state index is -0.745. The molecule has 4 heteroatoms. The molecule has 0 aliphatic rings. The maximum absolute atomic E-state index is 13.6. The minimum Gasteiger partial charge on any atom is -0.388 e. The molecule has 0 saturated carbocycles. The second kappa shape index (κ2) is 5.58. The van der Waals surface area contributed by atoms with Crippen LogP contribution in [0.2, 0.25) is 0 Å². The molecule has 0 amide bonds. The Labute approximate surface area is 97.8 Å². The van der Waals surface area contributed by atoms with Gasteiger partial charge >= 0.3 is 0 Å². The van der Waals surface area contributed by atoms with Gasteiger partial charge in [-0.25, -0.2) is 4.39 Å². The standard InChI is InChI=1S/C11H15BrFNO/c1-14(2)7-6-10(15)8-4-3-5-9(12)11(8)13/h3-5,10,15H,6-7H2,1-2H3. The van der Waals surface area contributed by atoms with Crippen molar-refractivity contribution >= 4 is 15.9 Å². The highest BCUT2D eigenvalue weighted by atomic mass is 79.9. The topological polar surface area (TPSA) is 23.5 Å². The molecule has 1 unspecified atom stereocenters. The van der Waals surface area contributed by atoms with Crippen LogP contribution in [0.15, 0.2) is 22.7 Å². The Morgan fingerprint density at radius 3 is 2.73 bits per heavy atom. The molecule has 2 nitrogen and oxygen atoms in total. The second-order valence-corrected chi connectivity index (χ2v) is 4.61. The lowest BCUT2D eigenvalue weighted by atomic mass is 10.1. The Morgan fingerprint density at radius 2 is 2.13 bits per heavy atom. The third kappa shape index (κ3) is 3.55. The number of benzene rings is 1. The van der Waals surface area contributed by atoms with Crippen LogP contribution in [-0.4, -0.2) is 30.6 Å². The van der Waals surface area contributed by atoms with Gasteiger partial charge in [0.2, 0.25) is 0 Å². The van der Waals surface area contributed by atoms with E-state index in [1.807, 2.05) is 19.0 Å². The van der Waals surface area contributed by atoms with E-state index in [9.17, 15) is 9.50 Å². The van der Waals surface area contributed by atoms with Gasteiger partial charge in [0.15, 0.2) is 0 Å². The molecule has 15 heavy (non-hydrogen) atoms. The number of aliphatic hydroxyl groups is 1. The predicted molar refractivity (Wildman–Crippen MR) is 62.2 cm³/mol. The number of hydrogen-bond donors (Lipinski definition) is 1. The van der Waals surface area contributed by atoms with E-state index >= 15 is 0 Å². The first-order valence-corrected chi connectivity index (χ1v) is 5.58. The van der Waals surface area contributed by atoms with Gasteiger partial charge in [-0.2, -0.15) is 0 Å². The number of halogens is 2. The molecule has 1 aromatic rings. The molecule has 0 aromatic heterocycles. The minimum absolute atomic E-state index is 0.353. The molecule has 0 fully saturated rings. The molecule has 0 aliphatic heterocycles. The van der Waals surface area contributed by atoms with Crippen LogP contribution in [-0.2, 0) is 0 Å². The van der Waals surface area contributed by atoms with Gasteiger partial charge in [-0.15, -0.1) is 0 Å². The molecular formula is C11H15BrFNO. The van der Waals surface area contributed by atoms with Gasteiger partial charge in [0.1, 0.15) is 5.82 Å². The first-order chi connectivity index (χ1) is 7.02. The van der Waals surface area contributed by atoms with Crippen molar-refractivity contribution in [1.82, 2.24) is 4.90 Å². The van der Waals surface area contributed by atoms with Gasteiger partial charge in [0, 0.05) is 12.1 Å². The fourth-order valence-electron chi connectivity index (χ4n) is 1.31. The van der Waals surface area contributed by atoms with E-state index in [4.69, 9.17) is 0 Å². The van der Waals surface area contributed by atoms with Crippen LogP contribution < -0.4 is 0 Å². The lowest BCUT2D eigenvalue weighted by Crippen LogP contribution is -2.16. The maximum atomic E-state index is 13.6. The first kappa shape index (κ1) is 12.6. The monoisotopic (exact) mass is 275 g/mol. The summed E-state index contributed by atoms with van der Waals surface area (Å²) in [5.74, 6) is -0.372. The average molecular weight is 276 g/mol. The summed E-state index contributed by atoms with van der Waals surface area (Å²) in [6.07, 6.45) is -0.217. The zero-order valence-corrected chi connectivity index (χ0v) is 10.5. The molecule has 1 aromatic carbocycles. The maximum Gasteiger partial charge on any atom is 0.143 e. The summed E-state index contributed by atoms with van der Waals surface area (Å²) in [6.45, 7) is 0.729. The van der Waals surface area contributed by atoms with E-state index in [2.05, 4.69) is 15.9 Å². The lowest BCUT2D eigenvalue weighted by molar-refractivity contribution is 0.150. The van der Waals surface area contributed by atoms with Crippen molar-refractivity contribution < 1.29 is 9.50 Å². The average Bonchev–Trinajstić information content (AvgIpc) is 2.18. The third-order valence-corrected chi connectivity index (χ3v) is 2.80. The van der Waals surface area contributed by atoms with Gasteiger partial charge in [0.05, 0.1) is 10.6 Å². The summed E-state index contributed by atoms with van der Waals surface area (Å²) in [6, 6.07) is 4.96.